The Kier molecular flexibility index (Phi) is 5.10. The fraction of sp³-hybridized carbons (Fsp3) is 0.750. The Labute approximate surface area is 140 Å². The minimum atomic E-state index is -0.728. The van der Waals surface area contributed by atoms with Crippen molar-refractivity contribution in [2.24, 2.45) is 0 Å². The highest BCUT2D eigenvalue weighted by Crippen LogP contribution is 2.37. The predicted molar refractivity (Wildman–Crippen MR) is 91.9 cm³/mol. The van der Waals surface area contributed by atoms with Crippen molar-refractivity contribution < 1.29 is 9.90 Å². The SMILES string of the molecule is Cc1nc(C2CCCC2)sc1C(=O)NCC1(O)CCSCC1. The number of aromatic nitrogens is 1. The summed E-state index contributed by atoms with van der Waals surface area (Å²) in [6.45, 7) is 2.26. The van der Waals surface area contributed by atoms with Crippen LogP contribution in [0.25, 0.3) is 0 Å². The third-order valence-electron chi connectivity index (χ3n) is 4.73. The highest BCUT2D eigenvalue weighted by molar-refractivity contribution is 7.99. The molecule has 22 heavy (non-hydrogen) atoms. The van der Waals surface area contributed by atoms with E-state index in [4.69, 9.17) is 0 Å². The summed E-state index contributed by atoms with van der Waals surface area (Å²) in [7, 11) is 0. The summed E-state index contributed by atoms with van der Waals surface area (Å²) in [4.78, 5) is 17.8. The van der Waals surface area contributed by atoms with E-state index in [0.717, 1.165) is 39.9 Å². The van der Waals surface area contributed by atoms with Crippen LogP contribution in [-0.4, -0.2) is 39.6 Å². The van der Waals surface area contributed by atoms with Crippen molar-refractivity contribution in [2.45, 2.75) is 57.0 Å². The highest BCUT2D eigenvalue weighted by Gasteiger charge is 2.31. The van der Waals surface area contributed by atoms with Crippen LogP contribution in [0, 0.1) is 6.92 Å². The Morgan fingerprint density at radius 1 is 1.36 bits per heavy atom. The van der Waals surface area contributed by atoms with Gasteiger partial charge in [0.25, 0.3) is 5.91 Å². The summed E-state index contributed by atoms with van der Waals surface area (Å²) in [5, 5.41) is 14.5. The van der Waals surface area contributed by atoms with Crippen LogP contribution in [0.5, 0.6) is 0 Å². The molecule has 2 N–H and O–H groups in total. The summed E-state index contributed by atoms with van der Waals surface area (Å²) in [5.74, 6) is 2.41. The zero-order valence-electron chi connectivity index (χ0n) is 13.1. The fourth-order valence-electron chi connectivity index (χ4n) is 3.23. The molecule has 122 valence electrons. The largest absolute Gasteiger partial charge is 0.388 e. The average molecular weight is 341 g/mol. The number of amides is 1. The number of rotatable bonds is 4. The molecule has 1 aromatic heterocycles. The lowest BCUT2D eigenvalue weighted by Crippen LogP contribution is -2.45. The molecule has 0 atom stereocenters. The van der Waals surface area contributed by atoms with Crippen LogP contribution in [-0.2, 0) is 0 Å². The van der Waals surface area contributed by atoms with E-state index in [2.05, 4.69) is 10.3 Å². The quantitative estimate of drug-likeness (QED) is 0.884. The van der Waals surface area contributed by atoms with Crippen molar-refractivity contribution in [3.63, 3.8) is 0 Å². The van der Waals surface area contributed by atoms with Crippen molar-refractivity contribution >= 4 is 29.0 Å². The van der Waals surface area contributed by atoms with Crippen LogP contribution in [0.4, 0.5) is 0 Å². The Balaban J connectivity index is 1.62. The molecule has 0 unspecified atom stereocenters. The maximum Gasteiger partial charge on any atom is 0.263 e. The van der Waals surface area contributed by atoms with Gasteiger partial charge >= 0.3 is 0 Å². The molecular formula is C16H24N2O2S2. The fourth-order valence-corrected chi connectivity index (χ4v) is 5.63. The van der Waals surface area contributed by atoms with Gasteiger partial charge in [-0.2, -0.15) is 11.8 Å². The van der Waals surface area contributed by atoms with Crippen molar-refractivity contribution in [1.29, 1.82) is 0 Å². The summed E-state index contributed by atoms with van der Waals surface area (Å²) in [6.07, 6.45) is 6.46. The molecule has 1 amide bonds. The first-order valence-electron chi connectivity index (χ1n) is 8.13. The number of carbonyl (C=O) groups is 1. The van der Waals surface area contributed by atoms with Gasteiger partial charge in [0.05, 0.1) is 16.3 Å². The Morgan fingerprint density at radius 2 is 2.05 bits per heavy atom. The molecule has 2 aliphatic rings. The molecule has 3 rings (SSSR count). The molecule has 6 heteroatoms. The molecule has 0 radical (unpaired) electrons. The van der Waals surface area contributed by atoms with E-state index in [1.165, 1.54) is 25.7 Å². The maximum atomic E-state index is 12.4. The summed E-state index contributed by atoms with van der Waals surface area (Å²) < 4.78 is 0. The molecule has 1 saturated carbocycles. The van der Waals surface area contributed by atoms with E-state index in [1.807, 2.05) is 18.7 Å². The summed E-state index contributed by atoms with van der Waals surface area (Å²) in [6, 6.07) is 0. The molecule has 1 aromatic rings. The molecule has 2 fully saturated rings. The van der Waals surface area contributed by atoms with Gasteiger partial charge in [-0.3, -0.25) is 4.79 Å². The van der Waals surface area contributed by atoms with Crippen LogP contribution in [0.3, 0.4) is 0 Å². The normalized spacial score (nSPS) is 21.9. The van der Waals surface area contributed by atoms with E-state index in [0.29, 0.717) is 12.5 Å². The number of thiazole rings is 1. The predicted octanol–water partition coefficient (Wildman–Crippen LogP) is 3.10. The van der Waals surface area contributed by atoms with Crippen molar-refractivity contribution in [3.05, 3.63) is 15.6 Å². The topological polar surface area (TPSA) is 62.2 Å². The lowest BCUT2D eigenvalue weighted by atomic mass is 9.97. The number of aliphatic hydroxyl groups is 1. The van der Waals surface area contributed by atoms with Crippen LogP contribution in [0.1, 0.15) is 64.8 Å². The van der Waals surface area contributed by atoms with Crippen LogP contribution in [0.15, 0.2) is 0 Å². The van der Waals surface area contributed by atoms with Crippen LogP contribution >= 0.6 is 23.1 Å². The third kappa shape index (κ3) is 3.66. The average Bonchev–Trinajstić information content (AvgIpc) is 3.15. The standard InChI is InChI=1S/C16H24N2O2S2/c1-11-13(22-15(18-11)12-4-2-3-5-12)14(19)17-10-16(20)6-8-21-9-7-16/h12,20H,2-10H2,1H3,(H,17,19). The summed E-state index contributed by atoms with van der Waals surface area (Å²) in [5.41, 5.74) is 0.101. The first-order valence-corrected chi connectivity index (χ1v) is 10.1. The van der Waals surface area contributed by atoms with Gasteiger partial charge in [-0.1, -0.05) is 12.8 Å². The number of hydrogen-bond acceptors (Lipinski definition) is 5. The van der Waals surface area contributed by atoms with Crippen LogP contribution < -0.4 is 5.32 Å². The molecule has 1 aliphatic carbocycles. The second-order valence-corrected chi connectivity index (χ2v) is 8.72. The number of nitrogens with zero attached hydrogens (tertiary/aromatic N) is 1. The van der Waals surface area contributed by atoms with Gasteiger partial charge in [-0.05, 0) is 44.1 Å². The highest BCUT2D eigenvalue weighted by atomic mass is 32.2. The van der Waals surface area contributed by atoms with Crippen molar-refractivity contribution in [2.75, 3.05) is 18.1 Å². The Hall–Kier alpha value is -0.590. The summed E-state index contributed by atoms with van der Waals surface area (Å²) >= 11 is 3.41. The van der Waals surface area contributed by atoms with Crippen molar-refractivity contribution in [3.8, 4) is 0 Å². The monoisotopic (exact) mass is 340 g/mol. The first kappa shape index (κ1) is 16.3. The minimum Gasteiger partial charge on any atom is -0.388 e. The Bertz CT molecular complexity index is 532. The third-order valence-corrected chi connectivity index (χ3v) is 7.03. The molecule has 4 nitrogen and oxygen atoms in total. The van der Waals surface area contributed by atoms with Gasteiger partial charge in [0, 0.05) is 12.5 Å². The second-order valence-electron chi connectivity index (χ2n) is 6.47. The van der Waals surface area contributed by atoms with Crippen LogP contribution in [0.2, 0.25) is 0 Å². The Morgan fingerprint density at radius 3 is 2.73 bits per heavy atom. The van der Waals surface area contributed by atoms with E-state index < -0.39 is 5.60 Å². The zero-order chi connectivity index (χ0) is 15.6. The van der Waals surface area contributed by atoms with E-state index in [-0.39, 0.29) is 5.91 Å². The molecule has 0 spiro atoms. The second kappa shape index (κ2) is 6.89. The number of hydrogen-bond donors (Lipinski definition) is 2. The molecular weight excluding hydrogens is 316 g/mol. The van der Waals surface area contributed by atoms with Gasteiger partial charge in [0.1, 0.15) is 4.88 Å². The molecule has 0 aromatic carbocycles. The van der Waals surface area contributed by atoms with E-state index in [1.54, 1.807) is 11.3 Å². The number of thioether (sulfide) groups is 1. The molecule has 1 saturated heterocycles. The lowest BCUT2D eigenvalue weighted by molar-refractivity contribution is 0.0312. The first-order chi connectivity index (χ1) is 10.6. The minimum absolute atomic E-state index is 0.0779. The zero-order valence-corrected chi connectivity index (χ0v) is 14.7. The van der Waals surface area contributed by atoms with Crippen molar-refractivity contribution in [1.82, 2.24) is 10.3 Å². The number of aryl methyl sites for hydroxylation is 1. The van der Waals surface area contributed by atoms with Gasteiger partial charge in [0.2, 0.25) is 0 Å². The smallest absolute Gasteiger partial charge is 0.263 e. The molecule has 1 aliphatic heterocycles. The maximum absolute atomic E-state index is 12.4. The lowest BCUT2D eigenvalue weighted by Gasteiger charge is -2.31. The van der Waals surface area contributed by atoms with Gasteiger partial charge in [-0.15, -0.1) is 11.3 Å². The van der Waals surface area contributed by atoms with Gasteiger partial charge < -0.3 is 10.4 Å². The van der Waals surface area contributed by atoms with E-state index in [9.17, 15) is 9.90 Å². The van der Waals surface area contributed by atoms with Gasteiger partial charge in [-0.25, -0.2) is 4.98 Å². The molecule has 0 bridgehead atoms. The number of carbonyl (C=O) groups excluding carboxylic acids is 1. The van der Waals surface area contributed by atoms with Gasteiger partial charge in [0.15, 0.2) is 0 Å². The van der Waals surface area contributed by atoms with E-state index >= 15 is 0 Å². The molecule has 2 heterocycles. The number of nitrogens with one attached hydrogen (secondary N) is 1.